The van der Waals surface area contributed by atoms with Crippen LogP contribution in [0.2, 0.25) is 0 Å². The van der Waals surface area contributed by atoms with Crippen molar-refractivity contribution in [1.82, 2.24) is 10.2 Å². The number of hydrogen-bond acceptors (Lipinski definition) is 3. The highest BCUT2D eigenvalue weighted by Crippen LogP contribution is 2.24. The van der Waals surface area contributed by atoms with Gasteiger partial charge in [0.2, 0.25) is 11.8 Å². The van der Waals surface area contributed by atoms with Gasteiger partial charge in [-0.15, -0.1) is 0 Å². The summed E-state index contributed by atoms with van der Waals surface area (Å²) in [5.74, 6) is 0.209. The molecular weight excluding hydrogens is 374 g/mol. The highest BCUT2D eigenvalue weighted by atomic mass is 16.1. The van der Waals surface area contributed by atoms with Crippen LogP contribution in [-0.4, -0.2) is 43.4 Å². The van der Waals surface area contributed by atoms with Crippen molar-refractivity contribution >= 4 is 11.8 Å². The van der Waals surface area contributed by atoms with Crippen LogP contribution in [0.3, 0.4) is 0 Å². The van der Waals surface area contributed by atoms with Crippen LogP contribution in [0.4, 0.5) is 0 Å². The molecule has 0 aromatic heterocycles. The minimum absolute atomic E-state index is 0.0355. The first-order chi connectivity index (χ1) is 14.2. The average molecular weight is 412 g/mol. The fourth-order valence-corrected chi connectivity index (χ4v) is 3.46. The van der Waals surface area contributed by atoms with Gasteiger partial charge >= 0.3 is 0 Å². The summed E-state index contributed by atoms with van der Waals surface area (Å²) in [6, 6.07) is 7.44. The van der Waals surface area contributed by atoms with Crippen LogP contribution in [-0.2, 0) is 11.2 Å². The molecule has 0 saturated heterocycles. The zero-order valence-corrected chi connectivity index (χ0v) is 18.9. The molecule has 2 atom stereocenters. The normalized spacial score (nSPS) is 13.7. The van der Waals surface area contributed by atoms with Gasteiger partial charge in [0, 0.05) is 24.6 Å². The van der Waals surface area contributed by atoms with Crippen LogP contribution in [0.1, 0.15) is 42.6 Å². The van der Waals surface area contributed by atoms with Gasteiger partial charge in [-0.05, 0) is 62.0 Å². The van der Waals surface area contributed by atoms with E-state index >= 15 is 0 Å². The monoisotopic (exact) mass is 411 g/mol. The first kappa shape index (κ1) is 25.4. The van der Waals surface area contributed by atoms with Gasteiger partial charge < -0.3 is 16.0 Å². The van der Waals surface area contributed by atoms with Gasteiger partial charge in [0.05, 0.1) is 0 Å². The number of hydrogen-bond donors (Lipinski definition) is 2. The van der Waals surface area contributed by atoms with Crippen molar-refractivity contribution in [1.29, 1.82) is 0 Å². The van der Waals surface area contributed by atoms with E-state index in [4.69, 9.17) is 5.73 Å². The molecule has 0 aliphatic heterocycles. The number of allylic oxidation sites excluding steroid dienone is 4. The Labute approximate surface area is 181 Å². The molecule has 1 aromatic rings. The van der Waals surface area contributed by atoms with Crippen molar-refractivity contribution in [3.05, 3.63) is 72.4 Å². The number of benzene rings is 1. The maximum atomic E-state index is 12.7. The van der Waals surface area contributed by atoms with Crippen molar-refractivity contribution in [3.8, 4) is 0 Å². The van der Waals surface area contributed by atoms with E-state index in [0.29, 0.717) is 24.4 Å². The quantitative estimate of drug-likeness (QED) is 0.486. The second-order valence-electron chi connectivity index (χ2n) is 8.32. The molecule has 0 aliphatic rings. The Morgan fingerprint density at radius 2 is 1.80 bits per heavy atom. The molecule has 30 heavy (non-hydrogen) atoms. The van der Waals surface area contributed by atoms with Gasteiger partial charge in [-0.3, -0.25) is 9.59 Å². The van der Waals surface area contributed by atoms with E-state index < -0.39 is 5.91 Å². The second kappa shape index (κ2) is 12.8. The number of nitrogens with one attached hydrogen (secondary N) is 1. The Kier molecular flexibility index (Phi) is 10.8. The Hall–Kier alpha value is -2.66. The maximum absolute atomic E-state index is 12.7. The van der Waals surface area contributed by atoms with Crippen LogP contribution < -0.4 is 11.1 Å². The molecule has 0 bridgehead atoms. The van der Waals surface area contributed by atoms with Gasteiger partial charge in [0.25, 0.3) is 0 Å². The minimum Gasteiger partial charge on any atom is -0.366 e. The zero-order chi connectivity index (χ0) is 22.7. The van der Waals surface area contributed by atoms with Gasteiger partial charge in [0.1, 0.15) is 0 Å². The van der Waals surface area contributed by atoms with E-state index in [2.05, 4.69) is 37.2 Å². The van der Waals surface area contributed by atoms with Crippen LogP contribution in [0.25, 0.3) is 0 Å². The summed E-state index contributed by atoms with van der Waals surface area (Å²) in [5, 5.41) is 3.10. The topological polar surface area (TPSA) is 75.4 Å². The molecule has 0 saturated carbocycles. The molecule has 0 aliphatic carbocycles. The van der Waals surface area contributed by atoms with Crippen molar-refractivity contribution in [2.75, 3.05) is 20.6 Å². The third-order valence-electron chi connectivity index (χ3n) is 5.18. The SMILES string of the molecule is C=C/C=C(\C=C)C(CC(=O)NCC(Cc1ccc(C(N)=O)cc1)N(C)C)CC(C)C. The maximum Gasteiger partial charge on any atom is 0.248 e. The lowest BCUT2D eigenvalue weighted by molar-refractivity contribution is -0.122. The van der Waals surface area contributed by atoms with E-state index in [1.165, 1.54) is 0 Å². The highest BCUT2D eigenvalue weighted by molar-refractivity contribution is 5.92. The number of likely N-dealkylation sites (N-methyl/N-ethyl adjacent to an activating group) is 1. The molecule has 0 spiro atoms. The fourth-order valence-electron chi connectivity index (χ4n) is 3.46. The van der Waals surface area contributed by atoms with Crippen LogP contribution in [0.5, 0.6) is 0 Å². The number of amides is 2. The fraction of sp³-hybridized carbons (Fsp3) is 0.440. The van der Waals surface area contributed by atoms with Gasteiger partial charge in [-0.25, -0.2) is 0 Å². The van der Waals surface area contributed by atoms with Gasteiger partial charge in [-0.1, -0.05) is 57.4 Å². The summed E-state index contributed by atoms with van der Waals surface area (Å²) in [7, 11) is 4.00. The van der Waals surface area contributed by atoms with Crippen molar-refractivity contribution in [2.45, 2.75) is 39.2 Å². The van der Waals surface area contributed by atoms with Crippen LogP contribution in [0.15, 0.2) is 61.2 Å². The molecule has 0 heterocycles. The lowest BCUT2D eigenvalue weighted by Gasteiger charge is -2.26. The van der Waals surface area contributed by atoms with E-state index in [-0.39, 0.29) is 17.9 Å². The predicted octanol–water partition coefficient (Wildman–Crippen LogP) is 3.73. The Morgan fingerprint density at radius 3 is 2.27 bits per heavy atom. The van der Waals surface area contributed by atoms with Crippen LogP contribution in [0, 0.1) is 11.8 Å². The molecule has 0 fully saturated rings. The standard InChI is InChI=1S/C25H37N3O2/c1-7-9-20(8-2)22(14-18(3)4)16-24(29)27-17-23(28(5)6)15-19-10-12-21(13-11-19)25(26)30/h7-13,18,22-23H,1-2,14-17H2,3-6H3,(H2,26,30)(H,27,29)/b20-9+. The van der Waals surface area contributed by atoms with E-state index in [1.807, 2.05) is 38.4 Å². The summed E-state index contributed by atoms with van der Waals surface area (Å²) in [6.45, 7) is 12.5. The minimum atomic E-state index is -0.432. The molecule has 5 heteroatoms. The van der Waals surface area contributed by atoms with Crippen molar-refractivity contribution in [3.63, 3.8) is 0 Å². The number of primary amides is 1. The molecule has 2 amide bonds. The lowest BCUT2D eigenvalue weighted by atomic mass is 9.87. The highest BCUT2D eigenvalue weighted by Gasteiger charge is 2.20. The zero-order valence-electron chi connectivity index (χ0n) is 18.9. The number of carbonyl (C=O) groups excluding carboxylic acids is 2. The third-order valence-corrected chi connectivity index (χ3v) is 5.18. The summed E-state index contributed by atoms with van der Waals surface area (Å²) in [5.41, 5.74) is 7.94. The largest absolute Gasteiger partial charge is 0.366 e. The first-order valence-electron chi connectivity index (χ1n) is 10.4. The van der Waals surface area contributed by atoms with Gasteiger partial charge in [-0.2, -0.15) is 0 Å². The Balaban J connectivity index is 2.74. The van der Waals surface area contributed by atoms with E-state index in [9.17, 15) is 9.59 Å². The summed E-state index contributed by atoms with van der Waals surface area (Å²) in [6.07, 6.45) is 7.61. The molecule has 5 nitrogen and oxygen atoms in total. The lowest BCUT2D eigenvalue weighted by Crippen LogP contribution is -2.42. The predicted molar refractivity (Wildman–Crippen MR) is 125 cm³/mol. The number of rotatable bonds is 13. The number of carbonyl (C=O) groups is 2. The van der Waals surface area contributed by atoms with E-state index in [1.54, 1.807) is 18.2 Å². The number of nitrogens with zero attached hydrogens (tertiary/aromatic N) is 1. The molecular formula is C25H37N3O2. The Bertz CT molecular complexity index is 748. The summed E-state index contributed by atoms with van der Waals surface area (Å²) in [4.78, 5) is 26.0. The molecule has 1 aromatic carbocycles. The number of nitrogens with two attached hydrogens (primary N) is 1. The van der Waals surface area contributed by atoms with Crippen molar-refractivity contribution < 1.29 is 9.59 Å². The van der Waals surface area contributed by atoms with Gasteiger partial charge in [0.15, 0.2) is 0 Å². The van der Waals surface area contributed by atoms with E-state index in [0.717, 1.165) is 24.0 Å². The second-order valence-corrected chi connectivity index (χ2v) is 8.32. The van der Waals surface area contributed by atoms with Crippen LogP contribution >= 0.6 is 0 Å². The molecule has 3 N–H and O–H groups in total. The van der Waals surface area contributed by atoms with Crippen molar-refractivity contribution in [2.24, 2.45) is 17.6 Å². The third kappa shape index (κ3) is 8.78. The average Bonchev–Trinajstić information content (AvgIpc) is 2.68. The smallest absolute Gasteiger partial charge is 0.248 e. The molecule has 164 valence electrons. The molecule has 0 radical (unpaired) electrons. The summed E-state index contributed by atoms with van der Waals surface area (Å²) >= 11 is 0. The summed E-state index contributed by atoms with van der Waals surface area (Å²) < 4.78 is 0. The molecule has 1 rings (SSSR count). The first-order valence-corrected chi connectivity index (χ1v) is 10.4. The Morgan fingerprint density at radius 1 is 1.17 bits per heavy atom. The molecule has 2 unspecified atom stereocenters.